The summed E-state index contributed by atoms with van der Waals surface area (Å²) in [5, 5.41) is 13.4. The van der Waals surface area contributed by atoms with Crippen molar-refractivity contribution in [1.29, 1.82) is 0 Å². The number of phenols is 1. The zero-order chi connectivity index (χ0) is 13.1. The Morgan fingerprint density at radius 3 is 2.94 bits per heavy atom. The van der Waals surface area contributed by atoms with Gasteiger partial charge >= 0.3 is 0 Å². The number of aromatic hydroxyl groups is 1. The number of rotatable bonds is 3. The molecule has 1 aliphatic rings. The van der Waals surface area contributed by atoms with Gasteiger partial charge < -0.3 is 15.3 Å². The van der Waals surface area contributed by atoms with E-state index in [0.717, 1.165) is 25.2 Å². The Morgan fingerprint density at radius 1 is 1.44 bits per heavy atom. The minimum absolute atomic E-state index is 0.397. The third-order valence-corrected chi connectivity index (χ3v) is 3.90. The molecule has 2 unspecified atom stereocenters. The molecule has 2 N–H and O–H groups in total. The van der Waals surface area contributed by atoms with Crippen LogP contribution in [-0.2, 0) is 6.54 Å². The van der Waals surface area contributed by atoms with E-state index in [0.29, 0.717) is 17.7 Å². The predicted molar refractivity (Wildman–Crippen MR) is 74.7 cm³/mol. The second-order valence-electron chi connectivity index (χ2n) is 5.65. The smallest absolute Gasteiger partial charge is 0.120 e. The SMILES string of the molecule is Cc1ccc(O)c(CNC2CCN(C)CC2C)c1. The van der Waals surface area contributed by atoms with Crippen molar-refractivity contribution in [3.63, 3.8) is 0 Å². The first-order valence-corrected chi connectivity index (χ1v) is 6.76. The maximum absolute atomic E-state index is 9.82. The van der Waals surface area contributed by atoms with E-state index in [1.807, 2.05) is 6.07 Å². The average Bonchev–Trinajstić information content (AvgIpc) is 2.32. The number of likely N-dealkylation sites (tertiary alicyclic amines) is 1. The highest BCUT2D eigenvalue weighted by Gasteiger charge is 2.23. The lowest BCUT2D eigenvalue weighted by molar-refractivity contribution is 0.174. The molecule has 0 spiro atoms. The van der Waals surface area contributed by atoms with Gasteiger partial charge in [-0.3, -0.25) is 0 Å². The molecule has 2 rings (SSSR count). The van der Waals surface area contributed by atoms with Crippen molar-refractivity contribution in [3.8, 4) is 5.75 Å². The van der Waals surface area contributed by atoms with Gasteiger partial charge in [0.2, 0.25) is 0 Å². The molecule has 3 nitrogen and oxygen atoms in total. The molecule has 0 aliphatic carbocycles. The van der Waals surface area contributed by atoms with Gasteiger partial charge in [0.15, 0.2) is 0 Å². The lowest BCUT2D eigenvalue weighted by Crippen LogP contribution is -2.46. The van der Waals surface area contributed by atoms with Crippen LogP contribution in [0.3, 0.4) is 0 Å². The van der Waals surface area contributed by atoms with Crippen LogP contribution in [0.25, 0.3) is 0 Å². The number of hydrogen-bond acceptors (Lipinski definition) is 3. The van der Waals surface area contributed by atoms with Crippen molar-refractivity contribution < 1.29 is 5.11 Å². The standard InChI is InChI=1S/C15H24N2O/c1-11-4-5-15(18)13(8-11)9-16-14-6-7-17(3)10-12(14)2/h4-5,8,12,14,16,18H,6-7,9-10H2,1-3H3. The highest BCUT2D eigenvalue weighted by molar-refractivity contribution is 5.35. The highest BCUT2D eigenvalue weighted by atomic mass is 16.3. The molecule has 1 saturated heterocycles. The van der Waals surface area contributed by atoms with Crippen molar-refractivity contribution in [2.75, 3.05) is 20.1 Å². The van der Waals surface area contributed by atoms with Crippen LogP contribution >= 0.6 is 0 Å². The first kappa shape index (κ1) is 13.4. The van der Waals surface area contributed by atoms with Crippen molar-refractivity contribution in [2.24, 2.45) is 5.92 Å². The van der Waals surface area contributed by atoms with Gasteiger partial charge in [0.05, 0.1) is 0 Å². The van der Waals surface area contributed by atoms with E-state index in [1.165, 1.54) is 12.0 Å². The van der Waals surface area contributed by atoms with Crippen LogP contribution in [0.2, 0.25) is 0 Å². The molecule has 1 heterocycles. The third-order valence-electron chi connectivity index (χ3n) is 3.90. The number of hydrogen-bond donors (Lipinski definition) is 2. The fourth-order valence-corrected chi connectivity index (χ4v) is 2.75. The Bertz CT molecular complexity index is 405. The molecule has 18 heavy (non-hydrogen) atoms. The summed E-state index contributed by atoms with van der Waals surface area (Å²) in [4.78, 5) is 2.38. The third kappa shape index (κ3) is 3.24. The van der Waals surface area contributed by atoms with E-state index in [4.69, 9.17) is 0 Å². The van der Waals surface area contributed by atoms with Gasteiger partial charge in [-0.15, -0.1) is 0 Å². The number of nitrogens with one attached hydrogen (secondary N) is 1. The van der Waals surface area contributed by atoms with Gasteiger partial charge in [-0.2, -0.15) is 0 Å². The van der Waals surface area contributed by atoms with Gasteiger partial charge in [-0.05, 0) is 38.9 Å². The van der Waals surface area contributed by atoms with Gasteiger partial charge in [0, 0.05) is 24.7 Å². The molecule has 3 heteroatoms. The molecule has 0 amide bonds. The quantitative estimate of drug-likeness (QED) is 0.860. The minimum Gasteiger partial charge on any atom is -0.508 e. The fourth-order valence-electron chi connectivity index (χ4n) is 2.75. The maximum atomic E-state index is 9.82. The summed E-state index contributed by atoms with van der Waals surface area (Å²) < 4.78 is 0. The first-order chi connectivity index (χ1) is 8.56. The van der Waals surface area contributed by atoms with Crippen molar-refractivity contribution in [1.82, 2.24) is 10.2 Å². The fraction of sp³-hybridized carbons (Fsp3) is 0.600. The molecule has 1 aromatic carbocycles. The number of nitrogens with zero attached hydrogens (tertiary/aromatic N) is 1. The Hall–Kier alpha value is -1.06. The normalized spacial score (nSPS) is 25.3. The number of benzene rings is 1. The van der Waals surface area contributed by atoms with E-state index in [-0.39, 0.29) is 0 Å². The van der Waals surface area contributed by atoms with Crippen molar-refractivity contribution in [2.45, 2.75) is 32.9 Å². The average molecular weight is 248 g/mol. The minimum atomic E-state index is 0.397. The molecule has 0 radical (unpaired) electrons. The van der Waals surface area contributed by atoms with Crippen LogP contribution in [0.4, 0.5) is 0 Å². The summed E-state index contributed by atoms with van der Waals surface area (Å²) in [5.74, 6) is 1.06. The van der Waals surface area contributed by atoms with Crippen LogP contribution in [-0.4, -0.2) is 36.2 Å². The van der Waals surface area contributed by atoms with E-state index < -0.39 is 0 Å². The first-order valence-electron chi connectivity index (χ1n) is 6.76. The zero-order valence-electron chi connectivity index (χ0n) is 11.6. The lowest BCUT2D eigenvalue weighted by Gasteiger charge is -2.35. The summed E-state index contributed by atoms with van der Waals surface area (Å²) in [6.07, 6.45) is 1.18. The van der Waals surface area contributed by atoms with Crippen molar-refractivity contribution >= 4 is 0 Å². The predicted octanol–water partition coefficient (Wildman–Crippen LogP) is 2.13. The van der Waals surface area contributed by atoms with E-state index in [2.05, 4.69) is 37.2 Å². The molecule has 1 aliphatic heterocycles. The zero-order valence-corrected chi connectivity index (χ0v) is 11.6. The molecule has 0 saturated carbocycles. The summed E-state index contributed by atoms with van der Waals surface area (Å²) in [7, 11) is 2.18. The number of piperidine rings is 1. The second kappa shape index (κ2) is 5.72. The molecule has 100 valence electrons. The lowest BCUT2D eigenvalue weighted by atomic mass is 9.94. The molecular formula is C15H24N2O. The Kier molecular flexibility index (Phi) is 4.25. The molecule has 0 aromatic heterocycles. The monoisotopic (exact) mass is 248 g/mol. The Balaban J connectivity index is 1.93. The summed E-state index contributed by atoms with van der Waals surface area (Å²) in [6.45, 7) is 7.41. The maximum Gasteiger partial charge on any atom is 0.120 e. The van der Waals surface area contributed by atoms with Gasteiger partial charge in [0.1, 0.15) is 5.75 Å². The molecule has 1 aromatic rings. The summed E-state index contributed by atoms with van der Waals surface area (Å²) in [5.41, 5.74) is 2.20. The topological polar surface area (TPSA) is 35.5 Å². The van der Waals surface area contributed by atoms with Crippen LogP contribution in [0.5, 0.6) is 5.75 Å². The molecular weight excluding hydrogens is 224 g/mol. The van der Waals surface area contributed by atoms with E-state index in [9.17, 15) is 5.11 Å². The highest BCUT2D eigenvalue weighted by Crippen LogP contribution is 2.20. The molecule has 1 fully saturated rings. The van der Waals surface area contributed by atoms with Crippen LogP contribution in [0, 0.1) is 12.8 Å². The number of phenolic OH excluding ortho intramolecular Hbond substituents is 1. The number of aryl methyl sites for hydroxylation is 1. The van der Waals surface area contributed by atoms with Gasteiger partial charge in [-0.25, -0.2) is 0 Å². The molecule has 0 bridgehead atoms. The Morgan fingerprint density at radius 2 is 2.22 bits per heavy atom. The summed E-state index contributed by atoms with van der Waals surface area (Å²) >= 11 is 0. The van der Waals surface area contributed by atoms with E-state index in [1.54, 1.807) is 6.07 Å². The van der Waals surface area contributed by atoms with Gasteiger partial charge in [0.25, 0.3) is 0 Å². The van der Waals surface area contributed by atoms with Crippen molar-refractivity contribution in [3.05, 3.63) is 29.3 Å². The van der Waals surface area contributed by atoms with Crippen LogP contribution in [0.1, 0.15) is 24.5 Å². The van der Waals surface area contributed by atoms with Gasteiger partial charge in [-0.1, -0.05) is 24.6 Å². The summed E-state index contributed by atoms with van der Waals surface area (Å²) in [6, 6.07) is 6.34. The second-order valence-corrected chi connectivity index (χ2v) is 5.65. The van der Waals surface area contributed by atoms with E-state index >= 15 is 0 Å². The largest absolute Gasteiger partial charge is 0.508 e. The Labute approximate surface area is 110 Å². The van der Waals surface area contributed by atoms with Crippen LogP contribution < -0.4 is 5.32 Å². The molecule has 2 atom stereocenters. The van der Waals surface area contributed by atoms with Crippen LogP contribution in [0.15, 0.2) is 18.2 Å².